The lowest BCUT2D eigenvalue weighted by molar-refractivity contribution is -0.136. The summed E-state index contributed by atoms with van der Waals surface area (Å²) in [5, 5.41) is 9.36. The zero-order chi connectivity index (χ0) is 17.7. The van der Waals surface area contributed by atoms with E-state index in [0.717, 1.165) is 0 Å². The summed E-state index contributed by atoms with van der Waals surface area (Å²) in [4.78, 5) is 26.4. The van der Waals surface area contributed by atoms with E-state index in [1.165, 1.54) is 19.2 Å². The first kappa shape index (κ1) is 17.7. The Morgan fingerprint density at radius 3 is 2.50 bits per heavy atom. The third-order valence-electron chi connectivity index (χ3n) is 3.84. The molecule has 0 fully saturated rings. The lowest BCUT2D eigenvalue weighted by Gasteiger charge is -2.17. The molecule has 0 saturated carbocycles. The number of phenols is 1. The number of nitrogens with zero attached hydrogens (tertiary/aromatic N) is 1. The van der Waals surface area contributed by atoms with Crippen LogP contribution in [0, 0.1) is 0 Å². The molecule has 0 aromatic heterocycles. The minimum absolute atomic E-state index is 0.135. The second-order valence-electron chi connectivity index (χ2n) is 5.40. The van der Waals surface area contributed by atoms with Gasteiger partial charge in [-0.25, -0.2) is 4.79 Å². The summed E-state index contributed by atoms with van der Waals surface area (Å²) in [6.07, 6.45) is 2.30. The predicted molar refractivity (Wildman–Crippen MR) is 89.0 cm³/mol. The highest BCUT2D eigenvalue weighted by molar-refractivity contribution is 6.16. The van der Waals surface area contributed by atoms with E-state index in [1.807, 2.05) is 0 Å². The van der Waals surface area contributed by atoms with Crippen LogP contribution in [0.2, 0.25) is 0 Å². The first-order valence-corrected chi connectivity index (χ1v) is 7.60. The van der Waals surface area contributed by atoms with Crippen molar-refractivity contribution in [2.24, 2.45) is 0 Å². The van der Waals surface area contributed by atoms with Gasteiger partial charge in [0.25, 0.3) is 5.91 Å². The van der Waals surface area contributed by atoms with Gasteiger partial charge in [0.05, 0.1) is 18.3 Å². The number of esters is 1. The Bertz CT molecular complexity index is 688. The van der Waals surface area contributed by atoms with E-state index in [0.29, 0.717) is 36.4 Å². The molecule has 6 heteroatoms. The van der Waals surface area contributed by atoms with E-state index in [1.54, 1.807) is 37.1 Å². The van der Waals surface area contributed by atoms with Crippen molar-refractivity contribution in [1.82, 2.24) is 4.90 Å². The van der Waals surface area contributed by atoms with Crippen molar-refractivity contribution < 1.29 is 24.2 Å². The van der Waals surface area contributed by atoms with Gasteiger partial charge in [-0.15, -0.1) is 0 Å². The molecular weight excluding hydrogens is 310 g/mol. The number of aromatic hydroxyl groups is 1. The molecule has 1 aliphatic heterocycles. The summed E-state index contributed by atoms with van der Waals surface area (Å²) in [5.74, 6) is -0.645. The Balaban J connectivity index is 2.39. The average molecular weight is 331 g/mol. The zero-order valence-electron chi connectivity index (χ0n) is 14.0. The fourth-order valence-corrected chi connectivity index (χ4v) is 2.60. The molecule has 1 aromatic rings. The largest absolute Gasteiger partial charge is 0.508 e. The van der Waals surface area contributed by atoms with E-state index in [4.69, 9.17) is 9.47 Å². The Hall–Kier alpha value is -2.60. The molecule has 0 spiro atoms. The summed E-state index contributed by atoms with van der Waals surface area (Å²) in [5.41, 5.74) is 1.85. The number of benzene rings is 1. The molecule has 0 atom stereocenters. The summed E-state index contributed by atoms with van der Waals surface area (Å²) >= 11 is 0. The molecule has 1 amide bonds. The lowest BCUT2D eigenvalue weighted by Crippen LogP contribution is -2.26. The fourth-order valence-electron chi connectivity index (χ4n) is 2.60. The van der Waals surface area contributed by atoms with Crippen LogP contribution < -0.4 is 0 Å². The SMILES string of the molecule is COCCCN1C(=O)/C(=C\c2ccc(O)cc2)C(C(=O)OC)=C1C. The van der Waals surface area contributed by atoms with Crippen LogP contribution in [0.3, 0.4) is 0 Å². The molecule has 0 saturated heterocycles. The summed E-state index contributed by atoms with van der Waals surface area (Å²) in [7, 11) is 2.89. The number of methoxy groups -OCH3 is 2. The number of phenolic OH excluding ortho intramolecular Hbond substituents is 1. The highest BCUT2D eigenvalue weighted by Gasteiger charge is 2.36. The highest BCUT2D eigenvalue weighted by atomic mass is 16.5. The number of ether oxygens (including phenoxy) is 2. The number of hydrogen-bond donors (Lipinski definition) is 1. The number of rotatable bonds is 6. The van der Waals surface area contributed by atoms with Crippen LogP contribution in [-0.4, -0.2) is 49.3 Å². The van der Waals surface area contributed by atoms with Gasteiger partial charge in [0.2, 0.25) is 0 Å². The van der Waals surface area contributed by atoms with E-state index < -0.39 is 5.97 Å². The van der Waals surface area contributed by atoms with Crippen molar-refractivity contribution in [3.8, 4) is 5.75 Å². The van der Waals surface area contributed by atoms with Crippen molar-refractivity contribution in [2.45, 2.75) is 13.3 Å². The third kappa shape index (κ3) is 3.65. The van der Waals surface area contributed by atoms with Gasteiger partial charge in [0.1, 0.15) is 5.75 Å². The van der Waals surface area contributed by atoms with Gasteiger partial charge in [-0.1, -0.05) is 12.1 Å². The maximum absolute atomic E-state index is 12.7. The first-order chi connectivity index (χ1) is 11.5. The van der Waals surface area contributed by atoms with Crippen molar-refractivity contribution in [2.75, 3.05) is 27.4 Å². The van der Waals surface area contributed by atoms with Crippen LogP contribution in [0.25, 0.3) is 6.08 Å². The minimum atomic E-state index is -0.542. The molecule has 24 heavy (non-hydrogen) atoms. The molecule has 1 heterocycles. The van der Waals surface area contributed by atoms with Gasteiger partial charge in [-0.05, 0) is 37.1 Å². The summed E-state index contributed by atoms with van der Waals surface area (Å²) < 4.78 is 9.85. The smallest absolute Gasteiger partial charge is 0.340 e. The number of hydrogen-bond acceptors (Lipinski definition) is 5. The lowest BCUT2D eigenvalue weighted by atomic mass is 10.0. The molecular formula is C18H21NO5. The Kier molecular flexibility index (Phi) is 5.76. The van der Waals surface area contributed by atoms with Crippen LogP contribution >= 0.6 is 0 Å². The van der Waals surface area contributed by atoms with Crippen LogP contribution in [0.1, 0.15) is 18.9 Å². The van der Waals surface area contributed by atoms with E-state index in [2.05, 4.69) is 0 Å². The molecule has 1 N–H and O–H groups in total. The first-order valence-electron chi connectivity index (χ1n) is 7.60. The average Bonchev–Trinajstić information content (AvgIpc) is 2.80. The van der Waals surface area contributed by atoms with Crippen molar-refractivity contribution in [3.63, 3.8) is 0 Å². The maximum atomic E-state index is 12.7. The summed E-state index contributed by atoms with van der Waals surface area (Å²) in [6.45, 7) is 2.72. The van der Waals surface area contributed by atoms with Gasteiger partial charge in [0.15, 0.2) is 0 Å². The topological polar surface area (TPSA) is 76.1 Å². The molecule has 0 radical (unpaired) electrons. The standard InChI is InChI=1S/C18H21NO5/c1-12-16(18(22)24-3)15(11-13-5-7-14(20)8-6-13)17(21)19(12)9-4-10-23-2/h5-8,11,20H,4,9-10H2,1-3H3/b15-11-. The molecule has 1 aromatic carbocycles. The third-order valence-corrected chi connectivity index (χ3v) is 3.84. The van der Waals surface area contributed by atoms with Gasteiger partial charge in [-0.2, -0.15) is 0 Å². The van der Waals surface area contributed by atoms with Crippen LogP contribution in [0.15, 0.2) is 41.1 Å². The maximum Gasteiger partial charge on any atom is 0.340 e. The fraction of sp³-hybridized carbons (Fsp3) is 0.333. The van der Waals surface area contributed by atoms with Crippen molar-refractivity contribution in [3.05, 3.63) is 46.7 Å². The normalized spacial score (nSPS) is 16.2. The molecule has 6 nitrogen and oxygen atoms in total. The van der Waals surface area contributed by atoms with Crippen LogP contribution in [0.5, 0.6) is 5.75 Å². The second-order valence-corrected chi connectivity index (χ2v) is 5.40. The van der Waals surface area contributed by atoms with Gasteiger partial charge < -0.3 is 19.5 Å². The number of amides is 1. The van der Waals surface area contributed by atoms with E-state index in [9.17, 15) is 14.7 Å². The Morgan fingerprint density at radius 1 is 1.25 bits per heavy atom. The minimum Gasteiger partial charge on any atom is -0.508 e. The van der Waals surface area contributed by atoms with Gasteiger partial charge >= 0.3 is 5.97 Å². The van der Waals surface area contributed by atoms with Gasteiger partial charge in [-0.3, -0.25) is 4.79 Å². The predicted octanol–water partition coefficient (Wildman–Crippen LogP) is 2.10. The molecule has 128 valence electrons. The monoisotopic (exact) mass is 331 g/mol. The van der Waals surface area contributed by atoms with Gasteiger partial charge in [0, 0.05) is 26.0 Å². The molecule has 0 unspecified atom stereocenters. The van der Waals surface area contributed by atoms with E-state index in [-0.39, 0.29) is 17.2 Å². The second kappa shape index (κ2) is 7.79. The van der Waals surface area contributed by atoms with Crippen molar-refractivity contribution >= 4 is 18.0 Å². The quantitative estimate of drug-likeness (QED) is 0.491. The van der Waals surface area contributed by atoms with Crippen LogP contribution in [-0.2, 0) is 19.1 Å². The van der Waals surface area contributed by atoms with Crippen LogP contribution in [0.4, 0.5) is 0 Å². The zero-order valence-corrected chi connectivity index (χ0v) is 14.0. The molecule has 0 bridgehead atoms. The van der Waals surface area contributed by atoms with E-state index >= 15 is 0 Å². The highest BCUT2D eigenvalue weighted by Crippen LogP contribution is 2.31. The Labute approximate surface area is 141 Å². The number of carbonyl (C=O) groups excluding carboxylic acids is 2. The molecule has 2 rings (SSSR count). The number of carbonyl (C=O) groups is 2. The molecule has 1 aliphatic rings. The summed E-state index contributed by atoms with van der Waals surface area (Å²) in [6, 6.07) is 6.40. The number of allylic oxidation sites excluding steroid dienone is 1. The van der Waals surface area contributed by atoms with Crippen molar-refractivity contribution in [1.29, 1.82) is 0 Å². The Morgan fingerprint density at radius 2 is 1.92 bits per heavy atom. The molecule has 0 aliphatic carbocycles.